The molecule has 0 bridgehead atoms. The molecule has 1 saturated heterocycles. The average Bonchev–Trinajstić information content (AvgIpc) is 2.75. The first-order valence-corrected chi connectivity index (χ1v) is 4.94. The summed E-state index contributed by atoms with van der Waals surface area (Å²) in [5.74, 6) is 1.80. The van der Waals surface area contributed by atoms with Gasteiger partial charge < -0.3 is 5.32 Å². The lowest BCUT2D eigenvalue weighted by atomic mass is 9.85. The number of aryl methyl sites for hydroxylation is 1. The third-order valence-electron chi connectivity index (χ3n) is 3.17. The highest BCUT2D eigenvalue weighted by Gasteiger charge is 2.43. The van der Waals surface area contributed by atoms with Crippen LogP contribution >= 0.6 is 0 Å². The molecule has 2 atom stereocenters. The molecule has 3 rings (SSSR count). The zero-order valence-corrected chi connectivity index (χ0v) is 7.77. The van der Waals surface area contributed by atoms with Crippen LogP contribution in [-0.2, 0) is 7.05 Å². The Kier molecular flexibility index (Phi) is 1.47. The van der Waals surface area contributed by atoms with Crippen molar-refractivity contribution in [2.75, 3.05) is 6.54 Å². The van der Waals surface area contributed by atoms with Crippen molar-refractivity contribution in [1.29, 1.82) is 0 Å². The summed E-state index contributed by atoms with van der Waals surface area (Å²) in [5.41, 5.74) is 1.12. The van der Waals surface area contributed by atoms with E-state index in [0.717, 1.165) is 17.5 Å². The molecule has 1 aliphatic heterocycles. The first-order valence-electron chi connectivity index (χ1n) is 4.94. The summed E-state index contributed by atoms with van der Waals surface area (Å²) in [6.07, 6.45) is 4.72. The molecule has 1 aromatic heterocycles. The molecule has 4 heteroatoms. The second-order valence-electron chi connectivity index (χ2n) is 4.15. The Balaban J connectivity index is 1.77. The van der Waals surface area contributed by atoms with Gasteiger partial charge in [0.15, 0.2) is 0 Å². The SMILES string of the molecule is Cn1ncc(C2NCC2C2CC2)n1. The topological polar surface area (TPSA) is 42.7 Å². The van der Waals surface area contributed by atoms with Crippen LogP contribution in [0.3, 0.4) is 0 Å². The van der Waals surface area contributed by atoms with Gasteiger partial charge in [-0.3, -0.25) is 0 Å². The van der Waals surface area contributed by atoms with Gasteiger partial charge in [-0.05, 0) is 24.7 Å². The van der Waals surface area contributed by atoms with E-state index in [4.69, 9.17) is 0 Å². The van der Waals surface area contributed by atoms with Gasteiger partial charge in [-0.1, -0.05) is 0 Å². The summed E-state index contributed by atoms with van der Waals surface area (Å²) < 4.78 is 0. The van der Waals surface area contributed by atoms with Gasteiger partial charge in [0.25, 0.3) is 0 Å². The Morgan fingerprint density at radius 3 is 2.85 bits per heavy atom. The minimum Gasteiger partial charge on any atom is -0.308 e. The van der Waals surface area contributed by atoms with E-state index >= 15 is 0 Å². The van der Waals surface area contributed by atoms with Crippen LogP contribution in [0.25, 0.3) is 0 Å². The number of hydrogen-bond acceptors (Lipinski definition) is 3. The van der Waals surface area contributed by atoms with Gasteiger partial charge in [-0.25, -0.2) is 0 Å². The van der Waals surface area contributed by atoms with Gasteiger partial charge in [-0.15, -0.1) is 0 Å². The van der Waals surface area contributed by atoms with Gasteiger partial charge in [0.1, 0.15) is 0 Å². The van der Waals surface area contributed by atoms with Crippen LogP contribution in [0.2, 0.25) is 0 Å². The maximum atomic E-state index is 4.34. The highest BCUT2D eigenvalue weighted by Crippen LogP contribution is 2.46. The molecule has 1 saturated carbocycles. The van der Waals surface area contributed by atoms with E-state index in [-0.39, 0.29) is 0 Å². The van der Waals surface area contributed by atoms with E-state index in [1.165, 1.54) is 19.4 Å². The zero-order chi connectivity index (χ0) is 8.84. The fourth-order valence-corrected chi connectivity index (χ4v) is 2.16. The number of rotatable bonds is 2. The summed E-state index contributed by atoms with van der Waals surface area (Å²) in [7, 11) is 1.87. The van der Waals surface area contributed by atoms with E-state index in [1.807, 2.05) is 13.2 Å². The van der Waals surface area contributed by atoms with E-state index in [0.29, 0.717) is 6.04 Å². The largest absolute Gasteiger partial charge is 0.308 e. The normalized spacial score (nSPS) is 33.0. The molecule has 1 aliphatic carbocycles. The predicted octanol–water partition coefficient (Wildman–Crippen LogP) is 0.486. The molecule has 4 nitrogen and oxygen atoms in total. The molecular weight excluding hydrogens is 164 g/mol. The monoisotopic (exact) mass is 178 g/mol. The molecule has 1 N–H and O–H groups in total. The predicted molar refractivity (Wildman–Crippen MR) is 48.0 cm³/mol. The lowest BCUT2D eigenvalue weighted by Gasteiger charge is -2.37. The van der Waals surface area contributed by atoms with Gasteiger partial charge in [0.05, 0.1) is 17.9 Å². The molecular formula is C9H14N4. The number of aromatic nitrogens is 3. The van der Waals surface area contributed by atoms with Crippen LogP contribution in [0.1, 0.15) is 24.6 Å². The summed E-state index contributed by atoms with van der Waals surface area (Å²) in [5, 5.41) is 11.9. The molecule has 2 aliphatic rings. The van der Waals surface area contributed by atoms with Crippen molar-refractivity contribution in [1.82, 2.24) is 20.3 Å². The molecule has 1 aromatic rings. The van der Waals surface area contributed by atoms with Gasteiger partial charge >= 0.3 is 0 Å². The van der Waals surface area contributed by atoms with Gasteiger partial charge in [-0.2, -0.15) is 15.0 Å². The Hall–Kier alpha value is -0.900. The smallest absolute Gasteiger partial charge is 0.0999 e. The van der Waals surface area contributed by atoms with E-state index in [2.05, 4.69) is 15.5 Å². The number of nitrogens with one attached hydrogen (secondary N) is 1. The second-order valence-corrected chi connectivity index (χ2v) is 4.15. The lowest BCUT2D eigenvalue weighted by molar-refractivity contribution is 0.201. The van der Waals surface area contributed by atoms with Crippen molar-refractivity contribution < 1.29 is 0 Å². The quantitative estimate of drug-likeness (QED) is 0.716. The molecule has 13 heavy (non-hydrogen) atoms. The average molecular weight is 178 g/mol. The first-order chi connectivity index (χ1) is 6.34. The maximum absolute atomic E-state index is 4.34. The van der Waals surface area contributed by atoms with Crippen molar-refractivity contribution in [2.24, 2.45) is 18.9 Å². The fourth-order valence-electron chi connectivity index (χ4n) is 2.16. The molecule has 2 fully saturated rings. The molecule has 70 valence electrons. The highest BCUT2D eigenvalue weighted by molar-refractivity contribution is 5.10. The van der Waals surface area contributed by atoms with Crippen molar-refractivity contribution in [3.05, 3.63) is 11.9 Å². The molecule has 0 aromatic carbocycles. The molecule has 2 unspecified atom stereocenters. The highest BCUT2D eigenvalue weighted by atomic mass is 15.5. The fraction of sp³-hybridized carbons (Fsp3) is 0.778. The minimum atomic E-state index is 0.487. The second kappa shape index (κ2) is 2.54. The van der Waals surface area contributed by atoms with Gasteiger partial charge in [0, 0.05) is 13.6 Å². The van der Waals surface area contributed by atoms with Crippen LogP contribution in [0.15, 0.2) is 6.20 Å². The maximum Gasteiger partial charge on any atom is 0.0999 e. The Labute approximate surface area is 77.3 Å². The lowest BCUT2D eigenvalue weighted by Crippen LogP contribution is -2.47. The van der Waals surface area contributed by atoms with Crippen LogP contribution in [-0.4, -0.2) is 21.5 Å². The summed E-state index contributed by atoms with van der Waals surface area (Å²) >= 11 is 0. The molecule has 0 radical (unpaired) electrons. The standard InChI is InChI=1S/C9H14N4/c1-13-11-5-8(12-13)9-7(4-10-9)6-2-3-6/h5-7,9-10H,2-4H2,1H3. The van der Waals surface area contributed by atoms with Crippen LogP contribution in [0, 0.1) is 11.8 Å². The summed E-state index contributed by atoms with van der Waals surface area (Å²) in [6.45, 7) is 1.17. The van der Waals surface area contributed by atoms with Gasteiger partial charge in [0.2, 0.25) is 0 Å². The van der Waals surface area contributed by atoms with E-state index in [1.54, 1.807) is 4.80 Å². The van der Waals surface area contributed by atoms with Crippen molar-refractivity contribution in [3.8, 4) is 0 Å². The Bertz CT molecular complexity index is 315. The minimum absolute atomic E-state index is 0.487. The van der Waals surface area contributed by atoms with Crippen molar-refractivity contribution >= 4 is 0 Å². The Morgan fingerprint density at radius 2 is 2.38 bits per heavy atom. The third kappa shape index (κ3) is 1.16. The molecule has 0 spiro atoms. The van der Waals surface area contributed by atoms with E-state index < -0.39 is 0 Å². The Morgan fingerprint density at radius 1 is 1.54 bits per heavy atom. The molecule has 0 amide bonds. The van der Waals surface area contributed by atoms with Crippen LogP contribution in [0.5, 0.6) is 0 Å². The number of nitrogens with zero attached hydrogens (tertiary/aromatic N) is 3. The van der Waals surface area contributed by atoms with E-state index in [9.17, 15) is 0 Å². The first kappa shape index (κ1) is 7.50. The summed E-state index contributed by atoms with van der Waals surface area (Å²) in [4.78, 5) is 1.64. The third-order valence-corrected chi connectivity index (χ3v) is 3.17. The number of hydrogen-bond donors (Lipinski definition) is 1. The zero-order valence-electron chi connectivity index (χ0n) is 7.77. The van der Waals surface area contributed by atoms with Crippen molar-refractivity contribution in [3.63, 3.8) is 0 Å². The van der Waals surface area contributed by atoms with Crippen LogP contribution < -0.4 is 5.32 Å². The van der Waals surface area contributed by atoms with Crippen LogP contribution in [0.4, 0.5) is 0 Å². The molecule has 2 heterocycles. The van der Waals surface area contributed by atoms with Crippen molar-refractivity contribution in [2.45, 2.75) is 18.9 Å². The summed E-state index contributed by atoms with van der Waals surface area (Å²) in [6, 6.07) is 0.487.